The fourth-order valence-electron chi connectivity index (χ4n) is 6.25. The molecule has 0 radical (unpaired) electrons. The zero-order valence-electron chi connectivity index (χ0n) is 29.2. The van der Waals surface area contributed by atoms with Crippen molar-refractivity contribution in [3.63, 3.8) is 0 Å². The van der Waals surface area contributed by atoms with Crippen LogP contribution in [0.3, 0.4) is 0 Å². The van der Waals surface area contributed by atoms with Crippen molar-refractivity contribution in [3.8, 4) is 0 Å². The van der Waals surface area contributed by atoms with Crippen molar-refractivity contribution in [1.29, 1.82) is 0 Å². The lowest BCUT2D eigenvalue weighted by molar-refractivity contribution is -0.911. The predicted octanol–water partition coefficient (Wildman–Crippen LogP) is 11.8. The number of rotatable bonds is 35. The molecule has 0 aromatic carbocycles. The normalized spacial score (nSPS) is 14.0. The maximum Gasteiger partial charge on any atom is 0.126 e. The van der Waals surface area contributed by atoms with E-state index in [-0.39, 0.29) is 6.10 Å². The van der Waals surface area contributed by atoms with Crippen LogP contribution in [0.15, 0.2) is 0 Å². The highest BCUT2D eigenvalue weighted by Crippen LogP contribution is 2.15. The number of nitrogens with zero attached hydrogens (tertiary/aromatic N) is 1. The number of quaternary nitrogens is 1. The summed E-state index contributed by atoms with van der Waals surface area (Å²) >= 11 is 0. The molecule has 2 unspecified atom stereocenters. The van der Waals surface area contributed by atoms with Crippen LogP contribution in [0.5, 0.6) is 0 Å². The van der Waals surface area contributed by atoms with Crippen molar-refractivity contribution >= 4 is 0 Å². The molecule has 41 heavy (non-hydrogen) atoms. The molecule has 3 nitrogen and oxygen atoms in total. The van der Waals surface area contributed by atoms with Gasteiger partial charge in [0.25, 0.3) is 0 Å². The third kappa shape index (κ3) is 31.1. The van der Waals surface area contributed by atoms with Crippen LogP contribution in [-0.2, 0) is 4.74 Å². The summed E-state index contributed by atoms with van der Waals surface area (Å²) in [5, 5.41) is 10.6. The van der Waals surface area contributed by atoms with Crippen molar-refractivity contribution in [2.45, 2.75) is 207 Å². The van der Waals surface area contributed by atoms with Gasteiger partial charge in [0, 0.05) is 6.61 Å². The Morgan fingerprint density at radius 3 is 1.12 bits per heavy atom. The van der Waals surface area contributed by atoms with Crippen LogP contribution >= 0.6 is 0 Å². The van der Waals surface area contributed by atoms with E-state index in [0.717, 1.165) is 30.6 Å². The van der Waals surface area contributed by atoms with Gasteiger partial charge in [-0.1, -0.05) is 174 Å². The summed E-state index contributed by atoms with van der Waals surface area (Å²) in [5.41, 5.74) is 0. The molecule has 0 aromatic rings. The lowest BCUT2D eigenvalue weighted by atomic mass is 10.0. The Kier molecular flexibility index (Phi) is 32.7. The molecule has 3 heteroatoms. The quantitative estimate of drug-likeness (QED) is 0.0595. The second-order valence-electron chi connectivity index (χ2n) is 13.8. The van der Waals surface area contributed by atoms with Gasteiger partial charge in [-0.15, -0.1) is 0 Å². The number of likely N-dealkylation sites (N-methyl/N-ethyl adjacent to an activating group) is 1. The van der Waals surface area contributed by atoms with Gasteiger partial charge in [0.15, 0.2) is 0 Å². The maximum absolute atomic E-state index is 10.6. The lowest BCUT2D eigenvalue weighted by Crippen LogP contribution is -2.50. The maximum atomic E-state index is 10.6. The van der Waals surface area contributed by atoms with Crippen molar-refractivity contribution in [1.82, 2.24) is 0 Å². The number of ether oxygens (including phenoxy) is 1. The van der Waals surface area contributed by atoms with E-state index in [1.165, 1.54) is 180 Å². The highest BCUT2D eigenvalue weighted by atomic mass is 16.5. The average Bonchev–Trinajstić information content (AvgIpc) is 2.97. The molecule has 0 aromatic heterocycles. The fourth-order valence-corrected chi connectivity index (χ4v) is 6.25. The first-order valence-corrected chi connectivity index (χ1v) is 19.2. The van der Waals surface area contributed by atoms with Crippen molar-refractivity contribution in [2.24, 2.45) is 0 Å². The Balaban J connectivity index is 3.51. The molecule has 2 atom stereocenters. The molecule has 248 valence electrons. The SMILES string of the molecule is CCCCCCCCCCCCCCCCOCC(O)C[N+](C)(CC)CCCCCCCCCCCCCCCC. The van der Waals surface area contributed by atoms with Crippen LogP contribution in [0.1, 0.15) is 201 Å². The van der Waals surface area contributed by atoms with Crippen molar-refractivity contribution in [3.05, 3.63) is 0 Å². The highest BCUT2D eigenvalue weighted by Gasteiger charge is 2.23. The van der Waals surface area contributed by atoms with E-state index in [9.17, 15) is 5.11 Å². The molecule has 0 rings (SSSR count). The molecule has 0 saturated carbocycles. The van der Waals surface area contributed by atoms with Crippen molar-refractivity contribution < 1.29 is 14.3 Å². The monoisotopic (exact) mass is 583 g/mol. The Morgan fingerprint density at radius 1 is 0.463 bits per heavy atom. The number of hydrogen-bond donors (Lipinski definition) is 1. The van der Waals surface area contributed by atoms with Gasteiger partial charge in [-0.05, 0) is 26.2 Å². The molecule has 0 heterocycles. The molecule has 0 aliphatic heterocycles. The van der Waals surface area contributed by atoms with E-state index in [2.05, 4.69) is 27.8 Å². The van der Waals surface area contributed by atoms with Gasteiger partial charge < -0.3 is 14.3 Å². The molecule has 0 spiro atoms. The number of hydrogen-bond acceptors (Lipinski definition) is 2. The Morgan fingerprint density at radius 2 is 0.780 bits per heavy atom. The minimum Gasteiger partial charge on any atom is -0.385 e. The summed E-state index contributed by atoms with van der Waals surface area (Å²) in [7, 11) is 2.32. The van der Waals surface area contributed by atoms with Crippen LogP contribution in [0.4, 0.5) is 0 Å². The van der Waals surface area contributed by atoms with Crippen LogP contribution in [0.2, 0.25) is 0 Å². The zero-order chi connectivity index (χ0) is 30.1. The molecular weight excluding hydrogens is 502 g/mol. The summed E-state index contributed by atoms with van der Waals surface area (Å²) < 4.78 is 6.83. The minimum absolute atomic E-state index is 0.335. The Hall–Kier alpha value is -0.120. The summed E-state index contributed by atoms with van der Waals surface area (Å²) in [6.07, 6.45) is 38.8. The molecule has 0 bridgehead atoms. The Labute approximate surface area is 260 Å². The summed E-state index contributed by atoms with van der Waals surface area (Å²) in [6, 6.07) is 0. The van der Waals surface area contributed by atoms with E-state index >= 15 is 0 Å². The zero-order valence-corrected chi connectivity index (χ0v) is 29.2. The second-order valence-corrected chi connectivity index (χ2v) is 13.8. The fraction of sp³-hybridized carbons (Fsp3) is 1.00. The van der Waals surface area contributed by atoms with Gasteiger partial charge in [0.2, 0.25) is 0 Å². The number of aliphatic hydroxyl groups excluding tert-OH is 1. The average molecular weight is 583 g/mol. The Bertz CT molecular complexity index is 485. The van der Waals surface area contributed by atoms with E-state index in [4.69, 9.17) is 4.74 Å². The number of unbranched alkanes of at least 4 members (excludes halogenated alkanes) is 26. The first-order chi connectivity index (χ1) is 20.1. The van der Waals surface area contributed by atoms with E-state index < -0.39 is 0 Å². The van der Waals surface area contributed by atoms with Crippen LogP contribution in [-0.4, -0.2) is 55.6 Å². The first-order valence-electron chi connectivity index (χ1n) is 19.2. The predicted molar refractivity (Wildman–Crippen MR) is 184 cm³/mol. The summed E-state index contributed by atoms with van der Waals surface area (Å²) in [4.78, 5) is 0. The molecule has 1 N–H and O–H groups in total. The molecule has 0 aliphatic carbocycles. The molecule has 0 saturated heterocycles. The summed E-state index contributed by atoms with van der Waals surface area (Å²) in [5.74, 6) is 0. The summed E-state index contributed by atoms with van der Waals surface area (Å²) in [6.45, 7) is 11.3. The molecule has 0 fully saturated rings. The topological polar surface area (TPSA) is 29.5 Å². The van der Waals surface area contributed by atoms with E-state index in [0.29, 0.717) is 6.61 Å². The minimum atomic E-state index is -0.335. The van der Waals surface area contributed by atoms with Gasteiger partial charge in [0.1, 0.15) is 12.6 Å². The largest absolute Gasteiger partial charge is 0.385 e. The van der Waals surface area contributed by atoms with Gasteiger partial charge in [-0.2, -0.15) is 0 Å². The first kappa shape index (κ1) is 40.9. The third-order valence-corrected chi connectivity index (χ3v) is 9.42. The van der Waals surface area contributed by atoms with Crippen LogP contribution < -0.4 is 0 Å². The van der Waals surface area contributed by atoms with E-state index in [1.54, 1.807) is 0 Å². The van der Waals surface area contributed by atoms with Gasteiger partial charge in [0.05, 0.1) is 26.7 Å². The molecule has 0 aliphatic rings. The molecular formula is C38H80NO2+. The van der Waals surface area contributed by atoms with Crippen molar-refractivity contribution in [2.75, 3.05) is 39.9 Å². The number of aliphatic hydroxyl groups is 1. The van der Waals surface area contributed by atoms with Gasteiger partial charge in [-0.3, -0.25) is 0 Å². The molecule has 0 amide bonds. The standard InChI is InChI=1S/C38H80NO2/c1-5-8-10-12-14-16-18-20-22-24-26-28-30-32-34-39(4,7-3)36-38(40)37-41-35-33-31-29-27-25-23-21-19-17-15-13-11-9-6-2/h38,40H,5-37H2,1-4H3/q+1. The van der Waals surface area contributed by atoms with Gasteiger partial charge >= 0.3 is 0 Å². The van der Waals surface area contributed by atoms with Crippen LogP contribution in [0, 0.1) is 0 Å². The smallest absolute Gasteiger partial charge is 0.126 e. The van der Waals surface area contributed by atoms with Crippen LogP contribution in [0.25, 0.3) is 0 Å². The van der Waals surface area contributed by atoms with E-state index in [1.807, 2.05) is 0 Å². The third-order valence-electron chi connectivity index (χ3n) is 9.42. The second kappa shape index (κ2) is 32.8. The van der Waals surface area contributed by atoms with Gasteiger partial charge in [-0.25, -0.2) is 0 Å². The highest BCUT2D eigenvalue weighted by molar-refractivity contribution is 4.56. The lowest BCUT2D eigenvalue weighted by Gasteiger charge is -2.35.